The Balaban J connectivity index is 0.00000146. The molecule has 10 nitrogen and oxygen atoms in total. The number of esters is 5. The van der Waals surface area contributed by atoms with Crippen molar-refractivity contribution in [3.05, 3.63) is 0 Å². The van der Waals surface area contributed by atoms with Gasteiger partial charge in [0.15, 0.2) is 0 Å². The number of rotatable bonds is 10. The van der Waals surface area contributed by atoms with Crippen molar-refractivity contribution >= 4 is 29.8 Å². The van der Waals surface area contributed by atoms with E-state index in [0.717, 1.165) is 50.0 Å². The molecule has 0 aromatic rings. The molecule has 6 aliphatic carbocycles. The number of methoxy groups -OCH3 is 1. The lowest BCUT2D eigenvalue weighted by Crippen LogP contribution is -2.59. The summed E-state index contributed by atoms with van der Waals surface area (Å²) in [7, 11) is 1.35. The number of hydrogen-bond acceptors (Lipinski definition) is 10. The van der Waals surface area contributed by atoms with Crippen LogP contribution in [0.25, 0.3) is 0 Å². The van der Waals surface area contributed by atoms with Crippen molar-refractivity contribution < 1.29 is 47.7 Å². The highest BCUT2D eigenvalue weighted by Crippen LogP contribution is 2.60. The second kappa shape index (κ2) is 19.2. The van der Waals surface area contributed by atoms with E-state index in [1.54, 1.807) is 27.7 Å². The molecule has 55 heavy (non-hydrogen) atoms. The fraction of sp³-hybridized carbons (Fsp3) is 0.889. The summed E-state index contributed by atoms with van der Waals surface area (Å²) in [5.41, 5.74) is -3.78. The zero-order valence-corrected chi connectivity index (χ0v) is 30.7. The number of fused-ring (bicyclic) bond motifs is 5. The summed E-state index contributed by atoms with van der Waals surface area (Å²) in [6.45, 7) is 12.0. The van der Waals surface area contributed by atoms with E-state index in [0.29, 0.717) is 42.4 Å². The van der Waals surface area contributed by atoms with Crippen LogP contribution < -0.4 is 0 Å². The van der Waals surface area contributed by atoms with Gasteiger partial charge < -0.3 is 23.7 Å². The van der Waals surface area contributed by atoms with E-state index < -0.39 is 45.9 Å². The van der Waals surface area contributed by atoms with Gasteiger partial charge in [-0.2, -0.15) is 0 Å². The first-order valence-electron chi connectivity index (χ1n) is 18.9. The lowest BCUT2D eigenvalue weighted by molar-refractivity contribution is -0.215. The van der Waals surface area contributed by atoms with E-state index in [1.165, 1.54) is 32.8 Å². The van der Waals surface area contributed by atoms with E-state index in [-0.39, 0.29) is 75.9 Å². The Labute approximate surface area is 335 Å². The first-order chi connectivity index (χ1) is 23.0. The monoisotopic (exact) mass is 783 g/mol. The lowest BCUT2D eigenvalue weighted by atomic mass is 9.50. The second-order valence-electron chi connectivity index (χ2n) is 18.1. The largest absolute Gasteiger partial charge is 0.469 e. The van der Waals surface area contributed by atoms with Gasteiger partial charge >= 0.3 is 29.8 Å². The molecule has 0 aromatic heterocycles. The molecule has 2 saturated heterocycles. The van der Waals surface area contributed by atoms with Crippen LogP contribution in [0.1, 0.15) is 163 Å². The second-order valence-corrected chi connectivity index (χ2v) is 18.1. The highest BCUT2D eigenvalue weighted by atomic mass is 16.6. The summed E-state index contributed by atoms with van der Waals surface area (Å²) >= 11 is 0. The average Bonchev–Trinajstić information content (AvgIpc) is 3.85. The van der Waals surface area contributed by atoms with Gasteiger partial charge in [-0.15, -0.1) is 0 Å². The van der Waals surface area contributed by atoms with Gasteiger partial charge in [0.05, 0.1) is 42.5 Å². The minimum atomic E-state index is -1.17. The van der Waals surface area contributed by atoms with Crippen LogP contribution in [0.15, 0.2) is 0 Å². The molecule has 8 fully saturated rings. The topological polar surface area (TPSA) is 132 Å². The quantitative estimate of drug-likeness (QED) is 0.156. The van der Waals surface area contributed by atoms with Crippen LogP contribution in [0.2, 0.25) is 0 Å². The minimum Gasteiger partial charge on any atom is -0.469 e. The highest BCUT2D eigenvalue weighted by Gasteiger charge is 2.59. The Hall–Kier alpha value is -2.65. The van der Waals surface area contributed by atoms with Gasteiger partial charge in [0, 0.05) is 12.3 Å². The number of carbonyl (C=O) groups excluding carboxylic acids is 5. The Morgan fingerprint density at radius 1 is 0.709 bits per heavy atom. The summed E-state index contributed by atoms with van der Waals surface area (Å²) in [4.78, 5) is 63.5. The lowest BCUT2D eigenvalue weighted by Gasteiger charge is -2.59. The predicted octanol–water partition coefficient (Wildman–Crippen LogP) is 10.0. The van der Waals surface area contributed by atoms with E-state index in [9.17, 15) is 24.0 Å². The Kier molecular flexibility index (Phi) is 18.3. The molecule has 0 spiro atoms. The van der Waals surface area contributed by atoms with Crippen molar-refractivity contribution in [3.8, 4) is 0 Å². The van der Waals surface area contributed by atoms with E-state index in [1.807, 2.05) is 6.92 Å². The molecule has 8 aliphatic rings. The van der Waals surface area contributed by atoms with Crippen LogP contribution in [0.5, 0.6) is 0 Å². The maximum Gasteiger partial charge on any atom is 0.347 e. The van der Waals surface area contributed by atoms with Gasteiger partial charge in [-0.05, 0) is 141 Å². The summed E-state index contributed by atoms with van der Waals surface area (Å²) in [5, 5.41) is 0. The molecule has 0 radical (unpaired) electrons. The fourth-order valence-corrected chi connectivity index (χ4v) is 11.5. The molecule has 6 bridgehead atoms. The highest BCUT2D eigenvalue weighted by molar-refractivity contribution is 5.85. The average molecular weight is 783 g/mol. The molecule has 0 N–H and O–H groups in total. The standard InChI is InChI=1S/C30H46O8.C9H12O2.6CH4/c1-8-28(4,25(33)35-7)17-29(5,16-27(2,3)24(32)37-22-9-10-36-23(22)31)26(34)38-30(6)20-12-18-11-19(14-20)15-21(30)13-18;10-9-8-6-2-1-5(3-6)7(8)4-11-9;;;;;;/h18-22H,8-17H2,1-7H3;5-8H,1-4H2;6*1H4. The SMILES string of the molecule is C.C.C.C.C.C.CCC(C)(CC(C)(CC(C)(C)C(=O)OC1CCOC1=O)C(=O)OC1(C)C2CC3CC(C2)CC1C3)C(=O)OC.O=C1OCC2C3CCC(C3)C12. The number of carbonyl (C=O) groups is 5. The third-order valence-corrected chi connectivity index (χ3v) is 14.1. The van der Waals surface area contributed by atoms with Gasteiger partial charge in [0.1, 0.15) is 5.60 Å². The molecular weight excluding hydrogens is 700 g/mol. The summed E-state index contributed by atoms with van der Waals surface area (Å²) in [6.07, 6.45) is 9.74. The van der Waals surface area contributed by atoms with Crippen LogP contribution in [0.4, 0.5) is 0 Å². The summed E-state index contributed by atoms with van der Waals surface area (Å²) in [6, 6.07) is 0. The molecule has 7 atom stereocenters. The number of cyclic esters (lactones) is 2. The Morgan fingerprint density at radius 2 is 1.27 bits per heavy atom. The van der Waals surface area contributed by atoms with Crippen LogP contribution >= 0.6 is 0 Å². The Bertz CT molecular complexity index is 1310. The van der Waals surface area contributed by atoms with Gasteiger partial charge in [-0.3, -0.25) is 19.2 Å². The van der Waals surface area contributed by atoms with E-state index in [4.69, 9.17) is 23.7 Å². The molecule has 8 rings (SSSR count). The summed E-state index contributed by atoms with van der Waals surface area (Å²) < 4.78 is 27.2. The van der Waals surface area contributed by atoms with E-state index >= 15 is 0 Å². The van der Waals surface area contributed by atoms with Crippen molar-refractivity contribution in [2.45, 2.75) is 175 Å². The molecule has 7 unspecified atom stereocenters. The maximum absolute atomic E-state index is 14.3. The number of ether oxygens (including phenoxy) is 5. The van der Waals surface area contributed by atoms with Gasteiger partial charge in [-0.25, -0.2) is 4.79 Å². The van der Waals surface area contributed by atoms with Crippen LogP contribution in [-0.2, 0) is 47.7 Å². The smallest absolute Gasteiger partial charge is 0.347 e. The summed E-state index contributed by atoms with van der Waals surface area (Å²) in [5.74, 6) is 2.81. The van der Waals surface area contributed by atoms with Gasteiger partial charge in [0.2, 0.25) is 6.10 Å². The Morgan fingerprint density at radius 3 is 1.76 bits per heavy atom. The predicted molar refractivity (Wildman–Crippen MR) is 218 cm³/mol. The van der Waals surface area contributed by atoms with Crippen LogP contribution in [0, 0.1) is 63.6 Å². The normalized spacial score (nSPS) is 34.9. The first-order valence-corrected chi connectivity index (χ1v) is 18.9. The van der Waals surface area contributed by atoms with Crippen molar-refractivity contribution in [2.75, 3.05) is 20.3 Å². The van der Waals surface area contributed by atoms with Crippen molar-refractivity contribution in [1.82, 2.24) is 0 Å². The molecule has 0 aromatic carbocycles. The molecule has 322 valence electrons. The fourth-order valence-electron chi connectivity index (χ4n) is 11.5. The maximum atomic E-state index is 14.3. The zero-order valence-electron chi connectivity index (χ0n) is 30.7. The molecule has 6 saturated carbocycles. The van der Waals surface area contributed by atoms with Crippen LogP contribution in [0.3, 0.4) is 0 Å². The van der Waals surface area contributed by atoms with E-state index in [2.05, 4.69) is 6.92 Å². The van der Waals surface area contributed by atoms with Crippen molar-refractivity contribution in [2.24, 2.45) is 63.6 Å². The first kappa shape index (κ1) is 52.3. The van der Waals surface area contributed by atoms with Gasteiger partial charge in [-0.1, -0.05) is 51.5 Å². The molecule has 10 heteroatoms. The minimum absolute atomic E-state index is 0. The third-order valence-electron chi connectivity index (χ3n) is 14.1. The zero-order chi connectivity index (χ0) is 35.5. The molecule has 0 amide bonds. The number of hydrogen-bond donors (Lipinski definition) is 0. The third kappa shape index (κ3) is 9.73. The molecular formula is C45H82O10. The van der Waals surface area contributed by atoms with Crippen LogP contribution in [-0.4, -0.2) is 61.9 Å². The van der Waals surface area contributed by atoms with Gasteiger partial charge in [0.25, 0.3) is 0 Å². The molecule has 2 aliphatic heterocycles. The van der Waals surface area contributed by atoms with Crippen molar-refractivity contribution in [1.29, 1.82) is 0 Å². The molecule has 2 heterocycles. The van der Waals surface area contributed by atoms with Crippen molar-refractivity contribution in [3.63, 3.8) is 0 Å².